The summed E-state index contributed by atoms with van der Waals surface area (Å²) in [6.45, 7) is 7.49. The second kappa shape index (κ2) is 6.02. The molecule has 3 saturated heterocycles. The van der Waals surface area contributed by atoms with Crippen LogP contribution in [0, 0.1) is 0 Å². The highest BCUT2D eigenvalue weighted by molar-refractivity contribution is 5.86. The van der Waals surface area contributed by atoms with E-state index in [1.54, 1.807) is 0 Å². The van der Waals surface area contributed by atoms with E-state index in [0.29, 0.717) is 11.9 Å². The second-order valence-electron chi connectivity index (χ2n) is 7.01. The Morgan fingerprint density at radius 2 is 1.90 bits per heavy atom. The zero-order chi connectivity index (χ0) is 14.0. The fourth-order valence-electron chi connectivity index (χ4n) is 4.13. The Labute approximate surface area is 122 Å². The van der Waals surface area contributed by atoms with E-state index in [0.717, 1.165) is 26.1 Å². The summed E-state index contributed by atoms with van der Waals surface area (Å²) in [5.41, 5.74) is -0.300. The molecule has 1 N–H and O–H groups in total. The lowest BCUT2D eigenvalue weighted by molar-refractivity contribution is -0.140. The number of carbonyl (C=O) groups excluding carboxylic acids is 1. The number of piperidine rings is 2. The van der Waals surface area contributed by atoms with Crippen LogP contribution >= 0.6 is 0 Å². The summed E-state index contributed by atoms with van der Waals surface area (Å²) in [5.74, 6) is 0.348. The van der Waals surface area contributed by atoms with E-state index >= 15 is 0 Å². The standard InChI is InChI=1S/C16H29N3O/c1-16(8-2-3-9-17-16)15(20)19-12-6-7-14(13-19)18-10-4-5-11-18/h14,17H,2-13H2,1H3. The Kier molecular flexibility index (Phi) is 4.32. The van der Waals surface area contributed by atoms with Crippen LogP contribution in [0.4, 0.5) is 0 Å². The Hall–Kier alpha value is -0.610. The molecular weight excluding hydrogens is 250 g/mol. The fraction of sp³-hybridized carbons (Fsp3) is 0.938. The third-order valence-corrected chi connectivity index (χ3v) is 5.43. The van der Waals surface area contributed by atoms with Crippen LogP contribution in [-0.2, 0) is 4.79 Å². The van der Waals surface area contributed by atoms with E-state index in [2.05, 4.69) is 22.0 Å². The van der Waals surface area contributed by atoms with Crippen LogP contribution in [-0.4, -0.2) is 60.0 Å². The number of nitrogens with one attached hydrogen (secondary N) is 1. The number of nitrogens with zero attached hydrogens (tertiary/aromatic N) is 2. The zero-order valence-electron chi connectivity index (χ0n) is 12.9. The van der Waals surface area contributed by atoms with Crippen LogP contribution in [0.1, 0.15) is 51.9 Å². The van der Waals surface area contributed by atoms with Crippen LogP contribution in [0.15, 0.2) is 0 Å². The summed E-state index contributed by atoms with van der Waals surface area (Å²) in [4.78, 5) is 17.6. The van der Waals surface area contributed by atoms with Gasteiger partial charge in [-0.05, 0) is 71.5 Å². The lowest BCUT2D eigenvalue weighted by Crippen LogP contribution is -2.61. The van der Waals surface area contributed by atoms with Crippen LogP contribution in [0.25, 0.3) is 0 Å². The summed E-state index contributed by atoms with van der Waals surface area (Å²) >= 11 is 0. The Morgan fingerprint density at radius 3 is 2.60 bits per heavy atom. The third kappa shape index (κ3) is 2.86. The molecule has 3 aliphatic heterocycles. The quantitative estimate of drug-likeness (QED) is 0.834. The molecular formula is C16H29N3O. The van der Waals surface area contributed by atoms with Crippen LogP contribution in [0.5, 0.6) is 0 Å². The first-order chi connectivity index (χ1) is 9.69. The van der Waals surface area contributed by atoms with Crippen molar-refractivity contribution in [1.82, 2.24) is 15.1 Å². The van der Waals surface area contributed by atoms with Crippen LogP contribution < -0.4 is 5.32 Å². The van der Waals surface area contributed by atoms with Gasteiger partial charge in [0, 0.05) is 19.1 Å². The van der Waals surface area contributed by atoms with E-state index in [-0.39, 0.29) is 5.54 Å². The average Bonchev–Trinajstić information content (AvgIpc) is 3.02. The van der Waals surface area contributed by atoms with Gasteiger partial charge in [0.25, 0.3) is 0 Å². The van der Waals surface area contributed by atoms with Crippen molar-refractivity contribution in [3.8, 4) is 0 Å². The largest absolute Gasteiger partial charge is 0.340 e. The van der Waals surface area contributed by atoms with Crippen LogP contribution in [0.3, 0.4) is 0 Å². The first-order valence-corrected chi connectivity index (χ1v) is 8.47. The van der Waals surface area contributed by atoms with Gasteiger partial charge in [-0.15, -0.1) is 0 Å². The summed E-state index contributed by atoms with van der Waals surface area (Å²) in [7, 11) is 0. The van der Waals surface area contributed by atoms with Gasteiger partial charge >= 0.3 is 0 Å². The number of rotatable bonds is 2. The maximum Gasteiger partial charge on any atom is 0.242 e. The van der Waals surface area contributed by atoms with Crippen molar-refractivity contribution in [1.29, 1.82) is 0 Å². The van der Waals surface area contributed by atoms with Crippen molar-refractivity contribution in [3.05, 3.63) is 0 Å². The number of amides is 1. The average molecular weight is 279 g/mol. The molecule has 0 aromatic heterocycles. The lowest BCUT2D eigenvalue weighted by atomic mass is 9.88. The van der Waals surface area contributed by atoms with Gasteiger partial charge in [-0.2, -0.15) is 0 Å². The van der Waals surface area contributed by atoms with Crippen molar-refractivity contribution in [2.45, 2.75) is 63.5 Å². The van der Waals surface area contributed by atoms with E-state index in [4.69, 9.17) is 0 Å². The normalized spacial score (nSPS) is 36.2. The molecule has 3 fully saturated rings. The first-order valence-electron chi connectivity index (χ1n) is 8.47. The molecule has 2 unspecified atom stereocenters. The van der Waals surface area contributed by atoms with Crippen molar-refractivity contribution in [2.75, 3.05) is 32.7 Å². The first kappa shape index (κ1) is 14.3. The molecule has 3 heterocycles. The van der Waals surface area contributed by atoms with Gasteiger partial charge in [-0.3, -0.25) is 9.69 Å². The van der Waals surface area contributed by atoms with E-state index in [9.17, 15) is 4.79 Å². The fourth-order valence-corrected chi connectivity index (χ4v) is 4.13. The topological polar surface area (TPSA) is 35.6 Å². The van der Waals surface area contributed by atoms with E-state index < -0.39 is 0 Å². The molecule has 4 heteroatoms. The van der Waals surface area contributed by atoms with Gasteiger partial charge < -0.3 is 10.2 Å². The highest BCUT2D eigenvalue weighted by atomic mass is 16.2. The number of hydrogen-bond acceptors (Lipinski definition) is 3. The lowest BCUT2D eigenvalue weighted by Gasteiger charge is -2.43. The molecule has 0 aliphatic carbocycles. The molecule has 3 aliphatic rings. The minimum atomic E-state index is -0.300. The van der Waals surface area contributed by atoms with Crippen molar-refractivity contribution in [2.24, 2.45) is 0 Å². The van der Waals surface area contributed by atoms with Gasteiger partial charge in [0.1, 0.15) is 0 Å². The molecule has 0 saturated carbocycles. The Balaban J connectivity index is 1.62. The predicted octanol–water partition coefficient (Wildman–Crippen LogP) is 1.61. The second-order valence-corrected chi connectivity index (χ2v) is 7.01. The van der Waals surface area contributed by atoms with E-state index in [1.165, 1.54) is 51.6 Å². The highest BCUT2D eigenvalue weighted by Gasteiger charge is 2.39. The summed E-state index contributed by atoms with van der Waals surface area (Å²) < 4.78 is 0. The predicted molar refractivity (Wildman–Crippen MR) is 80.7 cm³/mol. The summed E-state index contributed by atoms with van der Waals surface area (Å²) in [6.07, 6.45) is 8.50. The number of carbonyl (C=O) groups is 1. The molecule has 1 amide bonds. The Bertz CT molecular complexity index is 346. The molecule has 4 nitrogen and oxygen atoms in total. The zero-order valence-corrected chi connectivity index (χ0v) is 12.9. The van der Waals surface area contributed by atoms with Crippen LogP contribution in [0.2, 0.25) is 0 Å². The number of hydrogen-bond donors (Lipinski definition) is 1. The molecule has 114 valence electrons. The molecule has 0 aromatic carbocycles. The molecule has 2 atom stereocenters. The monoisotopic (exact) mass is 279 g/mol. The minimum absolute atomic E-state index is 0.300. The maximum atomic E-state index is 12.9. The van der Waals surface area contributed by atoms with Gasteiger partial charge in [0.2, 0.25) is 5.91 Å². The summed E-state index contributed by atoms with van der Waals surface area (Å²) in [5, 5.41) is 3.47. The van der Waals surface area contributed by atoms with Crippen molar-refractivity contribution < 1.29 is 4.79 Å². The van der Waals surface area contributed by atoms with Crippen molar-refractivity contribution in [3.63, 3.8) is 0 Å². The maximum absolute atomic E-state index is 12.9. The van der Waals surface area contributed by atoms with Gasteiger partial charge in [-0.1, -0.05) is 0 Å². The Morgan fingerprint density at radius 1 is 1.10 bits per heavy atom. The molecule has 0 radical (unpaired) electrons. The smallest absolute Gasteiger partial charge is 0.242 e. The van der Waals surface area contributed by atoms with E-state index in [1.807, 2.05) is 0 Å². The summed E-state index contributed by atoms with van der Waals surface area (Å²) in [6, 6.07) is 0.613. The third-order valence-electron chi connectivity index (χ3n) is 5.43. The van der Waals surface area contributed by atoms with Gasteiger partial charge in [-0.25, -0.2) is 0 Å². The molecule has 20 heavy (non-hydrogen) atoms. The highest BCUT2D eigenvalue weighted by Crippen LogP contribution is 2.25. The number of likely N-dealkylation sites (tertiary alicyclic amines) is 2. The van der Waals surface area contributed by atoms with Gasteiger partial charge in [0.15, 0.2) is 0 Å². The molecule has 0 bridgehead atoms. The van der Waals surface area contributed by atoms with Gasteiger partial charge in [0.05, 0.1) is 5.54 Å². The minimum Gasteiger partial charge on any atom is -0.340 e. The SMILES string of the molecule is CC1(C(=O)N2CCCC(N3CCCC3)C2)CCCCN1. The molecule has 0 spiro atoms. The molecule has 3 rings (SSSR count). The molecule has 0 aromatic rings. The van der Waals surface area contributed by atoms with Crippen molar-refractivity contribution >= 4 is 5.91 Å².